The number of carboxylic acid groups (broad SMARTS) is 1. The predicted octanol–water partition coefficient (Wildman–Crippen LogP) is 0.561. The molecule has 0 saturated heterocycles. The molecule has 15 heavy (non-hydrogen) atoms. The standard InChI is InChI=1S/C10H16N2O3/c1-4-6-8(9(13)14)12-10(15)11-7(3)5-2/h1,7-8H,5-6H2,2-3H3,(H,13,14)(H2,11,12,15). The minimum atomic E-state index is -1.13. The smallest absolute Gasteiger partial charge is 0.327 e. The van der Waals surface area contributed by atoms with Crippen LogP contribution in [0.1, 0.15) is 26.7 Å². The summed E-state index contributed by atoms with van der Waals surface area (Å²) < 4.78 is 0. The highest BCUT2D eigenvalue weighted by atomic mass is 16.4. The first-order chi connectivity index (χ1) is 7.01. The molecule has 0 aliphatic heterocycles. The molecule has 0 aliphatic carbocycles. The maximum absolute atomic E-state index is 11.2. The summed E-state index contributed by atoms with van der Waals surface area (Å²) in [4.78, 5) is 21.9. The molecule has 0 aromatic heterocycles. The molecule has 0 heterocycles. The summed E-state index contributed by atoms with van der Waals surface area (Å²) in [6, 6.07) is -1.53. The number of amides is 2. The van der Waals surface area contributed by atoms with Crippen molar-refractivity contribution in [1.29, 1.82) is 0 Å². The van der Waals surface area contributed by atoms with Gasteiger partial charge in [-0.1, -0.05) is 6.92 Å². The van der Waals surface area contributed by atoms with E-state index in [2.05, 4.69) is 16.6 Å². The third-order valence-electron chi connectivity index (χ3n) is 1.92. The van der Waals surface area contributed by atoms with E-state index in [-0.39, 0.29) is 12.5 Å². The van der Waals surface area contributed by atoms with Gasteiger partial charge in [-0.2, -0.15) is 0 Å². The van der Waals surface area contributed by atoms with Gasteiger partial charge in [-0.3, -0.25) is 0 Å². The summed E-state index contributed by atoms with van der Waals surface area (Å²) in [6.07, 6.45) is 5.74. The van der Waals surface area contributed by atoms with Gasteiger partial charge in [-0.25, -0.2) is 9.59 Å². The Morgan fingerprint density at radius 3 is 2.47 bits per heavy atom. The molecular weight excluding hydrogens is 196 g/mol. The number of urea groups is 1. The van der Waals surface area contributed by atoms with E-state index in [0.29, 0.717) is 0 Å². The highest BCUT2D eigenvalue weighted by Crippen LogP contribution is 1.92. The second kappa shape index (κ2) is 6.71. The first-order valence-corrected chi connectivity index (χ1v) is 4.74. The molecule has 0 saturated carbocycles. The lowest BCUT2D eigenvalue weighted by Crippen LogP contribution is -2.48. The van der Waals surface area contributed by atoms with Gasteiger partial charge in [0.2, 0.25) is 0 Å². The molecule has 84 valence electrons. The van der Waals surface area contributed by atoms with E-state index in [1.54, 1.807) is 0 Å². The Hall–Kier alpha value is -1.70. The van der Waals surface area contributed by atoms with Crippen LogP contribution in [0, 0.1) is 12.3 Å². The number of nitrogens with one attached hydrogen (secondary N) is 2. The van der Waals surface area contributed by atoms with E-state index in [1.165, 1.54) is 0 Å². The summed E-state index contributed by atoms with van der Waals surface area (Å²) in [5.74, 6) is 1.07. The van der Waals surface area contributed by atoms with Crippen molar-refractivity contribution in [2.45, 2.75) is 38.8 Å². The Morgan fingerprint density at radius 1 is 1.47 bits per heavy atom. The van der Waals surface area contributed by atoms with Crippen molar-refractivity contribution in [3.05, 3.63) is 0 Å². The molecule has 0 aromatic rings. The molecule has 3 N–H and O–H groups in total. The van der Waals surface area contributed by atoms with Crippen LogP contribution in [0.25, 0.3) is 0 Å². The van der Waals surface area contributed by atoms with Crippen molar-refractivity contribution in [1.82, 2.24) is 10.6 Å². The highest BCUT2D eigenvalue weighted by molar-refractivity contribution is 5.82. The quantitative estimate of drug-likeness (QED) is 0.583. The van der Waals surface area contributed by atoms with Gasteiger partial charge in [0.05, 0.1) is 0 Å². The Bertz CT molecular complexity index is 270. The number of rotatable bonds is 5. The number of carbonyl (C=O) groups is 2. The van der Waals surface area contributed by atoms with Crippen LogP contribution in [0.15, 0.2) is 0 Å². The number of hydrogen-bond donors (Lipinski definition) is 3. The zero-order chi connectivity index (χ0) is 11.8. The van der Waals surface area contributed by atoms with Crippen LogP contribution < -0.4 is 10.6 Å². The van der Waals surface area contributed by atoms with Gasteiger partial charge in [0.1, 0.15) is 6.04 Å². The Kier molecular flexibility index (Phi) is 5.95. The minimum absolute atomic E-state index is 0.00489. The van der Waals surface area contributed by atoms with Gasteiger partial charge in [0, 0.05) is 12.5 Å². The fourth-order valence-electron chi connectivity index (χ4n) is 0.844. The maximum Gasteiger partial charge on any atom is 0.327 e. The number of terminal acetylenes is 1. The average molecular weight is 212 g/mol. The van der Waals surface area contributed by atoms with Crippen molar-refractivity contribution in [3.8, 4) is 12.3 Å². The van der Waals surface area contributed by atoms with Crippen LogP contribution in [0.3, 0.4) is 0 Å². The third-order valence-corrected chi connectivity index (χ3v) is 1.92. The fraction of sp³-hybridized carbons (Fsp3) is 0.600. The van der Waals surface area contributed by atoms with E-state index in [1.807, 2.05) is 13.8 Å². The zero-order valence-electron chi connectivity index (χ0n) is 8.91. The fourth-order valence-corrected chi connectivity index (χ4v) is 0.844. The van der Waals surface area contributed by atoms with Crippen molar-refractivity contribution in [3.63, 3.8) is 0 Å². The molecule has 2 atom stereocenters. The molecule has 2 unspecified atom stereocenters. The first-order valence-electron chi connectivity index (χ1n) is 4.74. The van der Waals surface area contributed by atoms with Crippen molar-refractivity contribution < 1.29 is 14.7 Å². The topological polar surface area (TPSA) is 78.4 Å². The van der Waals surface area contributed by atoms with E-state index < -0.39 is 18.0 Å². The zero-order valence-corrected chi connectivity index (χ0v) is 8.91. The van der Waals surface area contributed by atoms with E-state index in [9.17, 15) is 9.59 Å². The van der Waals surface area contributed by atoms with E-state index in [0.717, 1.165) is 6.42 Å². The number of carbonyl (C=O) groups excluding carboxylic acids is 1. The molecule has 2 amide bonds. The van der Waals surface area contributed by atoms with E-state index in [4.69, 9.17) is 11.5 Å². The first kappa shape index (κ1) is 13.3. The minimum Gasteiger partial charge on any atom is -0.480 e. The molecule has 5 heteroatoms. The molecule has 5 nitrogen and oxygen atoms in total. The van der Waals surface area contributed by atoms with Crippen LogP contribution in [-0.4, -0.2) is 29.2 Å². The van der Waals surface area contributed by atoms with Gasteiger partial charge in [0.15, 0.2) is 0 Å². The Labute approximate surface area is 89.2 Å². The largest absolute Gasteiger partial charge is 0.480 e. The molecular formula is C10H16N2O3. The van der Waals surface area contributed by atoms with Crippen molar-refractivity contribution >= 4 is 12.0 Å². The summed E-state index contributed by atoms with van der Waals surface area (Å²) in [6.45, 7) is 3.75. The third kappa shape index (κ3) is 5.57. The lowest BCUT2D eigenvalue weighted by Gasteiger charge is -2.15. The van der Waals surface area contributed by atoms with Gasteiger partial charge < -0.3 is 15.7 Å². The highest BCUT2D eigenvalue weighted by Gasteiger charge is 2.18. The molecule has 0 aromatic carbocycles. The molecule has 0 radical (unpaired) electrons. The monoisotopic (exact) mass is 212 g/mol. The summed E-state index contributed by atoms with van der Waals surface area (Å²) in [7, 11) is 0. The van der Waals surface area contributed by atoms with Gasteiger partial charge in [-0.05, 0) is 13.3 Å². The molecule has 0 aliphatic rings. The van der Waals surface area contributed by atoms with E-state index >= 15 is 0 Å². The van der Waals surface area contributed by atoms with Gasteiger partial charge >= 0.3 is 12.0 Å². The lowest BCUT2D eigenvalue weighted by atomic mass is 10.2. The number of aliphatic carboxylic acids is 1. The van der Waals surface area contributed by atoms with Crippen LogP contribution in [0.4, 0.5) is 4.79 Å². The van der Waals surface area contributed by atoms with Crippen LogP contribution in [-0.2, 0) is 4.79 Å². The van der Waals surface area contributed by atoms with Crippen LogP contribution in [0.2, 0.25) is 0 Å². The normalized spacial score (nSPS) is 13.4. The van der Waals surface area contributed by atoms with Crippen molar-refractivity contribution in [2.75, 3.05) is 0 Å². The number of carboxylic acids is 1. The lowest BCUT2D eigenvalue weighted by molar-refractivity contribution is -0.139. The van der Waals surface area contributed by atoms with Crippen molar-refractivity contribution in [2.24, 2.45) is 0 Å². The maximum atomic E-state index is 11.2. The SMILES string of the molecule is C#CCC(NC(=O)NC(C)CC)C(=O)O. The van der Waals surface area contributed by atoms with Gasteiger partial charge in [0.25, 0.3) is 0 Å². The molecule has 0 fully saturated rings. The van der Waals surface area contributed by atoms with Crippen LogP contribution in [0.5, 0.6) is 0 Å². The second-order valence-electron chi connectivity index (χ2n) is 3.23. The average Bonchev–Trinajstić information content (AvgIpc) is 2.16. The summed E-state index contributed by atoms with van der Waals surface area (Å²) in [5, 5.41) is 13.6. The van der Waals surface area contributed by atoms with Crippen LogP contribution >= 0.6 is 0 Å². The predicted molar refractivity (Wildman–Crippen MR) is 56.3 cm³/mol. The number of hydrogen-bond acceptors (Lipinski definition) is 2. The summed E-state index contributed by atoms with van der Waals surface area (Å²) >= 11 is 0. The van der Waals surface area contributed by atoms with Gasteiger partial charge in [-0.15, -0.1) is 12.3 Å². The Balaban J connectivity index is 4.12. The molecule has 0 rings (SSSR count). The second-order valence-corrected chi connectivity index (χ2v) is 3.23. The molecule has 0 spiro atoms. The summed E-state index contributed by atoms with van der Waals surface area (Å²) in [5.41, 5.74) is 0. The Morgan fingerprint density at radius 2 is 2.07 bits per heavy atom. The molecule has 0 bridgehead atoms.